The summed E-state index contributed by atoms with van der Waals surface area (Å²) < 4.78 is 62.8. The topological polar surface area (TPSA) is 83.6 Å². The maximum atomic E-state index is 13.8. The molecule has 6 nitrogen and oxygen atoms in total. The van der Waals surface area contributed by atoms with E-state index in [1.165, 1.54) is 0 Å². The number of nitrogens with one attached hydrogen (secondary N) is 1. The molecule has 0 bridgehead atoms. The number of nitrogens with zero attached hydrogens (tertiary/aromatic N) is 1. The Bertz CT molecular complexity index is 782. The summed E-state index contributed by atoms with van der Waals surface area (Å²) >= 11 is 0. The summed E-state index contributed by atoms with van der Waals surface area (Å²) in [6.45, 7) is 0.391. The Kier molecular flexibility index (Phi) is 5.16. The van der Waals surface area contributed by atoms with Crippen molar-refractivity contribution in [1.82, 2.24) is 5.32 Å². The zero-order valence-corrected chi connectivity index (χ0v) is 13.5. The molecule has 1 unspecified atom stereocenters. The molecule has 1 aromatic carbocycles. The van der Waals surface area contributed by atoms with Crippen LogP contribution >= 0.6 is 0 Å². The Hall–Kier alpha value is -2.10. The lowest BCUT2D eigenvalue weighted by molar-refractivity contribution is -0.123. The van der Waals surface area contributed by atoms with Crippen LogP contribution in [0.1, 0.15) is 13.3 Å². The highest BCUT2D eigenvalue weighted by Crippen LogP contribution is 2.23. The number of carbonyl (C=O) groups is 2. The summed E-state index contributed by atoms with van der Waals surface area (Å²) in [6, 6.07) is 0.902. The molecule has 1 heterocycles. The summed E-state index contributed by atoms with van der Waals surface area (Å²) in [5.41, 5.74) is -0.574. The van der Waals surface area contributed by atoms with Crippen molar-refractivity contribution < 1.29 is 31.2 Å². The van der Waals surface area contributed by atoms with Crippen molar-refractivity contribution in [2.24, 2.45) is 0 Å². The van der Waals surface area contributed by atoms with E-state index >= 15 is 0 Å². The lowest BCUT2D eigenvalue weighted by Gasteiger charge is -2.22. The first-order chi connectivity index (χ1) is 11.1. The van der Waals surface area contributed by atoms with Gasteiger partial charge < -0.3 is 10.2 Å². The van der Waals surface area contributed by atoms with Gasteiger partial charge in [0.2, 0.25) is 11.8 Å². The number of hydrogen-bond donors (Lipinski definition) is 1. The van der Waals surface area contributed by atoms with Gasteiger partial charge in [-0.1, -0.05) is 0 Å². The predicted octanol–water partition coefficient (Wildman–Crippen LogP) is 0.760. The number of halogens is 3. The fourth-order valence-corrected chi connectivity index (χ4v) is 4.09. The fraction of sp³-hybridized carbons (Fsp3) is 0.429. The quantitative estimate of drug-likeness (QED) is 0.800. The largest absolute Gasteiger partial charge is 0.351 e. The van der Waals surface area contributed by atoms with Crippen LogP contribution in [0.25, 0.3) is 0 Å². The Morgan fingerprint density at radius 3 is 2.46 bits per heavy atom. The van der Waals surface area contributed by atoms with Crippen molar-refractivity contribution in [3.05, 3.63) is 29.6 Å². The number of benzene rings is 1. The summed E-state index contributed by atoms with van der Waals surface area (Å²) in [5.74, 6) is -6.49. The molecule has 24 heavy (non-hydrogen) atoms. The number of rotatable bonds is 4. The van der Waals surface area contributed by atoms with Gasteiger partial charge in [-0.25, -0.2) is 21.6 Å². The van der Waals surface area contributed by atoms with E-state index in [2.05, 4.69) is 5.32 Å². The van der Waals surface area contributed by atoms with Crippen molar-refractivity contribution in [3.63, 3.8) is 0 Å². The molecule has 0 aromatic heterocycles. The van der Waals surface area contributed by atoms with Crippen molar-refractivity contribution in [3.8, 4) is 0 Å². The molecule has 1 saturated heterocycles. The first-order valence-corrected chi connectivity index (χ1v) is 8.84. The second kappa shape index (κ2) is 6.80. The molecule has 1 N–H and O–H groups in total. The molecular formula is C14H15F3N2O4S. The van der Waals surface area contributed by atoms with Gasteiger partial charge in [0, 0.05) is 13.0 Å². The molecule has 1 atom stereocenters. The van der Waals surface area contributed by atoms with Gasteiger partial charge in [0.25, 0.3) is 0 Å². The van der Waals surface area contributed by atoms with Crippen LogP contribution in [-0.2, 0) is 19.4 Å². The van der Waals surface area contributed by atoms with Crippen LogP contribution in [-0.4, -0.2) is 44.3 Å². The van der Waals surface area contributed by atoms with Gasteiger partial charge in [-0.2, -0.15) is 0 Å². The fourth-order valence-electron chi connectivity index (χ4n) is 2.42. The Morgan fingerprint density at radius 2 is 1.92 bits per heavy atom. The minimum Gasteiger partial charge on any atom is -0.351 e. The molecule has 2 amide bonds. The van der Waals surface area contributed by atoms with Crippen molar-refractivity contribution in [2.45, 2.75) is 19.4 Å². The molecule has 0 saturated carbocycles. The lowest BCUT2D eigenvalue weighted by atomic mass is 10.2. The normalized spacial score (nSPS) is 19.1. The Labute approximate surface area is 136 Å². The molecule has 0 spiro atoms. The number of hydrogen-bond acceptors (Lipinski definition) is 4. The second-order valence-corrected chi connectivity index (χ2v) is 7.70. The molecule has 10 heteroatoms. The van der Waals surface area contributed by atoms with Gasteiger partial charge in [-0.15, -0.1) is 0 Å². The molecule has 0 aliphatic carbocycles. The third kappa shape index (κ3) is 4.05. The highest BCUT2D eigenvalue weighted by molar-refractivity contribution is 7.91. The van der Waals surface area contributed by atoms with E-state index in [-0.39, 0.29) is 17.9 Å². The van der Waals surface area contributed by atoms with Crippen LogP contribution in [0.4, 0.5) is 18.9 Å². The third-order valence-corrected chi connectivity index (χ3v) is 5.35. The third-order valence-electron chi connectivity index (χ3n) is 3.58. The van der Waals surface area contributed by atoms with Crippen LogP contribution in [0.5, 0.6) is 0 Å². The summed E-state index contributed by atoms with van der Waals surface area (Å²) in [6.07, 6.45) is 0.244. The monoisotopic (exact) mass is 364 g/mol. The number of carbonyl (C=O) groups excluding carboxylic acids is 2. The van der Waals surface area contributed by atoms with Gasteiger partial charge in [0.1, 0.15) is 6.54 Å². The maximum absolute atomic E-state index is 13.8. The highest BCUT2D eigenvalue weighted by atomic mass is 32.2. The van der Waals surface area contributed by atoms with Gasteiger partial charge in [0.15, 0.2) is 27.3 Å². The van der Waals surface area contributed by atoms with Gasteiger partial charge >= 0.3 is 0 Å². The number of anilines is 1. The Morgan fingerprint density at radius 1 is 1.25 bits per heavy atom. The average Bonchev–Trinajstić information content (AvgIpc) is 2.82. The van der Waals surface area contributed by atoms with Crippen LogP contribution in [0.3, 0.4) is 0 Å². The van der Waals surface area contributed by atoms with Crippen LogP contribution in [0, 0.1) is 17.5 Å². The molecular weight excluding hydrogens is 349 g/mol. The van der Waals surface area contributed by atoms with Crippen molar-refractivity contribution >= 4 is 27.3 Å². The zero-order chi connectivity index (χ0) is 18.1. The second-order valence-electron chi connectivity index (χ2n) is 5.47. The molecule has 2 rings (SSSR count). The van der Waals surface area contributed by atoms with Crippen LogP contribution in [0.15, 0.2) is 12.1 Å². The minimum absolute atomic E-state index is 0.0494. The molecule has 1 aliphatic heterocycles. The van der Waals surface area contributed by atoms with Crippen LogP contribution < -0.4 is 10.2 Å². The van der Waals surface area contributed by atoms with Gasteiger partial charge in [-0.05, 0) is 18.6 Å². The van der Waals surface area contributed by atoms with E-state index in [4.69, 9.17) is 0 Å². The van der Waals surface area contributed by atoms with Gasteiger partial charge in [-0.3, -0.25) is 9.59 Å². The van der Waals surface area contributed by atoms with E-state index in [1.807, 2.05) is 0 Å². The van der Waals surface area contributed by atoms with Gasteiger partial charge in [0.05, 0.1) is 17.2 Å². The molecule has 132 valence electrons. The number of amides is 2. The molecule has 0 radical (unpaired) electrons. The lowest BCUT2D eigenvalue weighted by Crippen LogP contribution is -2.44. The predicted molar refractivity (Wildman–Crippen MR) is 79.5 cm³/mol. The van der Waals surface area contributed by atoms with Crippen molar-refractivity contribution in [2.75, 3.05) is 23.0 Å². The number of sulfone groups is 1. The summed E-state index contributed by atoms with van der Waals surface area (Å²) in [7, 11) is -3.20. The minimum atomic E-state index is -3.20. The summed E-state index contributed by atoms with van der Waals surface area (Å²) in [5, 5.41) is 2.43. The standard InChI is InChI=1S/C14H15F3N2O4S/c1-8(20)19(11-3-2-10(15)13(16)14(11)17)6-12(21)18-9-4-5-24(22,23)7-9/h2-3,9H,4-7H2,1H3,(H,18,21). The van der Waals surface area contributed by atoms with E-state index in [1.54, 1.807) is 0 Å². The first kappa shape index (κ1) is 18.2. The maximum Gasteiger partial charge on any atom is 0.240 e. The molecule has 1 aliphatic rings. The SMILES string of the molecule is CC(=O)N(CC(=O)NC1CCS(=O)(=O)C1)c1ccc(F)c(F)c1F. The smallest absolute Gasteiger partial charge is 0.240 e. The van der Waals surface area contributed by atoms with E-state index in [0.717, 1.165) is 13.0 Å². The summed E-state index contributed by atoms with van der Waals surface area (Å²) in [4.78, 5) is 24.3. The highest BCUT2D eigenvalue weighted by Gasteiger charge is 2.30. The zero-order valence-electron chi connectivity index (χ0n) is 12.7. The average molecular weight is 364 g/mol. The molecule has 1 aromatic rings. The van der Waals surface area contributed by atoms with E-state index < -0.39 is 57.4 Å². The Balaban J connectivity index is 2.13. The van der Waals surface area contributed by atoms with Crippen LogP contribution in [0.2, 0.25) is 0 Å². The molecule has 1 fully saturated rings. The van der Waals surface area contributed by atoms with Crippen molar-refractivity contribution in [1.29, 1.82) is 0 Å². The first-order valence-electron chi connectivity index (χ1n) is 7.02. The van der Waals surface area contributed by atoms with E-state index in [0.29, 0.717) is 11.0 Å². The van der Waals surface area contributed by atoms with E-state index in [9.17, 15) is 31.2 Å².